The summed E-state index contributed by atoms with van der Waals surface area (Å²) in [5, 5.41) is 4.75. The van der Waals surface area contributed by atoms with E-state index in [4.69, 9.17) is 25.8 Å². The van der Waals surface area contributed by atoms with Crippen LogP contribution in [0.2, 0.25) is 5.02 Å². The number of halogens is 1. The summed E-state index contributed by atoms with van der Waals surface area (Å²) in [6, 6.07) is 11.2. The fourth-order valence-electron chi connectivity index (χ4n) is 2.16. The number of anilines is 1. The highest BCUT2D eigenvalue weighted by Gasteiger charge is 2.12. The summed E-state index contributed by atoms with van der Waals surface area (Å²) in [5.41, 5.74) is 4.64. The van der Waals surface area contributed by atoms with Crippen molar-refractivity contribution < 1.29 is 14.2 Å². The van der Waals surface area contributed by atoms with Gasteiger partial charge in [0.25, 0.3) is 0 Å². The Morgan fingerprint density at radius 1 is 1.15 bits per heavy atom. The smallest absolute Gasteiger partial charge is 0.179 e. The highest BCUT2D eigenvalue weighted by Crippen LogP contribution is 2.36. The van der Waals surface area contributed by atoms with Crippen molar-refractivity contribution in [2.75, 3.05) is 25.7 Å². The van der Waals surface area contributed by atoms with Crippen LogP contribution in [0.1, 0.15) is 26.3 Å². The zero-order chi connectivity index (χ0) is 18.9. The summed E-state index contributed by atoms with van der Waals surface area (Å²) in [5.74, 6) is 2.38. The summed E-state index contributed by atoms with van der Waals surface area (Å²) in [6.07, 6.45) is 1.69. The first-order chi connectivity index (χ1) is 12.5. The largest absolute Gasteiger partial charge is 0.497 e. The zero-order valence-corrected chi connectivity index (χ0v) is 16.3. The third kappa shape index (κ3) is 5.85. The molecule has 6 heteroatoms. The lowest BCUT2D eigenvalue weighted by Crippen LogP contribution is -2.07. The van der Waals surface area contributed by atoms with Crippen molar-refractivity contribution >= 4 is 23.5 Å². The molecule has 0 aliphatic heterocycles. The van der Waals surface area contributed by atoms with Crippen molar-refractivity contribution in [3.05, 3.63) is 47.0 Å². The minimum absolute atomic E-state index is 0.399. The molecule has 0 atom stereocenters. The summed E-state index contributed by atoms with van der Waals surface area (Å²) < 4.78 is 16.6. The van der Waals surface area contributed by atoms with E-state index in [0.717, 1.165) is 17.0 Å². The standard InChI is InChI=1S/C20H25ClN2O3/c1-5-25-19-11-15(10-18(21)20(19)26-13-14(2)3)12-22-23-16-6-8-17(24-4)9-7-16/h6-12,14,23H,5,13H2,1-4H3/b22-12+. The van der Waals surface area contributed by atoms with Crippen LogP contribution >= 0.6 is 11.6 Å². The first kappa shape index (κ1) is 19.9. The number of ether oxygens (including phenoxy) is 3. The van der Waals surface area contributed by atoms with Gasteiger partial charge in [0.05, 0.1) is 37.2 Å². The molecule has 26 heavy (non-hydrogen) atoms. The number of nitrogens with one attached hydrogen (secondary N) is 1. The second kappa shape index (κ2) is 9.92. The van der Waals surface area contributed by atoms with Gasteiger partial charge in [-0.3, -0.25) is 5.43 Å². The van der Waals surface area contributed by atoms with Gasteiger partial charge in [0.2, 0.25) is 0 Å². The van der Waals surface area contributed by atoms with Crippen LogP contribution in [-0.4, -0.2) is 26.5 Å². The topological polar surface area (TPSA) is 52.1 Å². The lowest BCUT2D eigenvalue weighted by atomic mass is 10.2. The summed E-state index contributed by atoms with van der Waals surface area (Å²) in [7, 11) is 1.63. The van der Waals surface area contributed by atoms with Crippen molar-refractivity contribution in [3.8, 4) is 17.2 Å². The van der Waals surface area contributed by atoms with Gasteiger partial charge in [-0.15, -0.1) is 0 Å². The minimum atomic E-state index is 0.399. The molecular weight excluding hydrogens is 352 g/mol. The molecule has 0 spiro atoms. The zero-order valence-electron chi connectivity index (χ0n) is 15.6. The molecule has 5 nitrogen and oxygen atoms in total. The van der Waals surface area contributed by atoms with Gasteiger partial charge >= 0.3 is 0 Å². The number of hydrogen-bond acceptors (Lipinski definition) is 5. The Bertz CT molecular complexity index is 731. The number of benzene rings is 2. The SMILES string of the molecule is CCOc1cc(/C=N/Nc2ccc(OC)cc2)cc(Cl)c1OCC(C)C. The maximum atomic E-state index is 6.38. The molecule has 2 aromatic rings. The van der Waals surface area contributed by atoms with Crippen molar-refractivity contribution in [2.45, 2.75) is 20.8 Å². The maximum absolute atomic E-state index is 6.38. The van der Waals surface area contributed by atoms with Crippen molar-refractivity contribution in [2.24, 2.45) is 11.0 Å². The first-order valence-corrected chi connectivity index (χ1v) is 8.93. The molecule has 2 rings (SSSR count). The van der Waals surface area contributed by atoms with Gasteiger partial charge in [-0.25, -0.2) is 0 Å². The molecule has 0 saturated heterocycles. The third-order valence-electron chi connectivity index (χ3n) is 3.39. The fraction of sp³-hybridized carbons (Fsp3) is 0.350. The number of hydrogen-bond donors (Lipinski definition) is 1. The maximum Gasteiger partial charge on any atom is 0.179 e. The van der Waals surface area contributed by atoms with E-state index in [1.807, 2.05) is 37.3 Å². The highest BCUT2D eigenvalue weighted by atomic mass is 35.5. The third-order valence-corrected chi connectivity index (χ3v) is 3.67. The van der Waals surface area contributed by atoms with E-state index in [-0.39, 0.29) is 0 Å². The van der Waals surface area contributed by atoms with Crippen LogP contribution in [0.25, 0.3) is 0 Å². The average Bonchev–Trinajstić information content (AvgIpc) is 2.61. The second-order valence-corrected chi connectivity index (χ2v) is 6.47. The molecule has 0 saturated carbocycles. The normalized spacial score (nSPS) is 11.0. The van der Waals surface area contributed by atoms with E-state index in [9.17, 15) is 0 Å². The van der Waals surface area contributed by atoms with Crippen LogP contribution < -0.4 is 19.6 Å². The quantitative estimate of drug-likeness (QED) is 0.481. The van der Waals surface area contributed by atoms with Gasteiger partial charge < -0.3 is 14.2 Å². The van der Waals surface area contributed by atoms with E-state index < -0.39 is 0 Å². The Kier molecular flexibility index (Phi) is 7.60. The average molecular weight is 377 g/mol. The van der Waals surface area contributed by atoms with Gasteiger partial charge in [-0.1, -0.05) is 25.4 Å². The minimum Gasteiger partial charge on any atom is -0.497 e. The molecule has 0 unspecified atom stereocenters. The monoisotopic (exact) mass is 376 g/mol. The van der Waals surface area contributed by atoms with Crippen LogP contribution in [-0.2, 0) is 0 Å². The van der Waals surface area contributed by atoms with Crippen molar-refractivity contribution in [1.29, 1.82) is 0 Å². The molecule has 0 fully saturated rings. The van der Waals surface area contributed by atoms with Gasteiger partial charge in [-0.05, 0) is 54.8 Å². The molecule has 1 N–H and O–H groups in total. The van der Waals surface area contributed by atoms with Gasteiger partial charge in [-0.2, -0.15) is 5.10 Å². The number of nitrogens with zero attached hydrogens (tertiary/aromatic N) is 1. The molecule has 0 bridgehead atoms. The number of rotatable bonds is 9. The van der Waals surface area contributed by atoms with Crippen molar-refractivity contribution in [3.63, 3.8) is 0 Å². The van der Waals surface area contributed by atoms with Gasteiger partial charge in [0.15, 0.2) is 11.5 Å². The fourth-order valence-corrected chi connectivity index (χ4v) is 2.44. The molecule has 0 amide bonds. The van der Waals surface area contributed by atoms with Crippen LogP contribution in [0, 0.1) is 5.92 Å². The Labute approximate surface area is 159 Å². The Balaban J connectivity index is 2.12. The van der Waals surface area contributed by atoms with E-state index in [2.05, 4.69) is 24.4 Å². The Morgan fingerprint density at radius 2 is 1.88 bits per heavy atom. The van der Waals surface area contributed by atoms with E-state index in [1.165, 1.54) is 0 Å². The summed E-state index contributed by atoms with van der Waals surface area (Å²) in [6.45, 7) is 7.19. The summed E-state index contributed by atoms with van der Waals surface area (Å²) >= 11 is 6.38. The van der Waals surface area contributed by atoms with E-state index in [1.54, 1.807) is 19.4 Å². The van der Waals surface area contributed by atoms with Crippen molar-refractivity contribution in [1.82, 2.24) is 0 Å². The molecule has 140 valence electrons. The van der Waals surface area contributed by atoms with E-state index >= 15 is 0 Å². The molecule has 0 aromatic heterocycles. The molecule has 0 radical (unpaired) electrons. The predicted octanol–water partition coefficient (Wildman–Crippen LogP) is 5.23. The van der Waals surface area contributed by atoms with Crippen LogP contribution in [0.5, 0.6) is 17.2 Å². The molecule has 0 aliphatic rings. The molecular formula is C20H25ClN2O3. The first-order valence-electron chi connectivity index (χ1n) is 8.55. The van der Waals surface area contributed by atoms with Crippen LogP contribution in [0.3, 0.4) is 0 Å². The molecule has 0 heterocycles. The Hall–Kier alpha value is -2.40. The van der Waals surface area contributed by atoms with Gasteiger partial charge in [0, 0.05) is 0 Å². The lowest BCUT2D eigenvalue weighted by molar-refractivity contribution is 0.248. The Morgan fingerprint density at radius 3 is 2.50 bits per heavy atom. The van der Waals surface area contributed by atoms with Crippen LogP contribution in [0.4, 0.5) is 5.69 Å². The molecule has 0 aliphatic carbocycles. The number of methoxy groups -OCH3 is 1. The van der Waals surface area contributed by atoms with Crippen LogP contribution in [0.15, 0.2) is 41.5 Å². The highest BCUT2D eigenvalue weighted by molar-refractivity contribution is 6.32. The van der Waals surface area contributed by atoms with Gasteiger partial charge in [0.1, 0.15) is 5.75 Å². The van der Waals surface area contributed by atoms with E-state index in [0.29, 0.717) is 35.7 Å². The lowest BCUT2D eigenvalue weighted by Gasteiger charge is -2.15. The number of hydrazone groups is 1. The second-order valence-electron chi connectivity index (χ2n) is 6.07. The molecule has 2 aromatic carbocycles. The summed E-state index contributed by atoms with van der Waals surface area (Å²) in [4.78, 5) is 0. The predicted molar refractivity (Wildman–Crippen MR) is 107 cm³/mol.